The number of carbonyl (C=O) groups excluding carboxylic acids is 1. The zero-order valence-electron chi connectivity index (χ0n) is 17.5. The minimum Gasteiger partial charge on any atom is -0.493 e. The lowest BCUT2D eigenvalue weighted by molar-refractivity contribution is -0.123. The van der Waals surface area contributed by atoms with E-state index in [9.17, 15) is 4.79 Å². The molecule has 0 bridgehead atoms. The highest BCUT2D eigenvalue weighted by molar-refractivity contribution is 5.79. The lowest BCUT2D eigenvalue weighted by Gasteiger charge is -2.31. The fraction of sp³-hybridized carbons (Fsp3) is 0.636. The molecule has 29 heavy (non-hydrogen) atoms. The Morgan fingerprint density at radius 3 is 2.86 bits per heavy atom. The average Bonchev–Trinajstić information content (AvgIpc) is 3.57. The molecule has 1 amide bonds. The molecule has 0 spiro atoms. The molecule has 1 heterocycles. The van der Waals surface area contributed by atoms with Crippen LogP contribution in [-0.4, -0.2) is 56.6 Å². The Labute approximate surface area is 174 Å². The number of rotatable bonds is 10. The van der Waals surface area contributed by atoms with Crippen molar-refractivity contribution in [1.82, 2.24) is 15.5 Å². The van der Waals surface area contributed by atoms with E-state index < -0.39 is 0 Å². The lowest BCUT2D eigenvalue weighted by Crippen LogP contribution is -2.42. The van der Waals surface area contributed by atoms with Gasteiger partial charge in [-0.05, 0) is 57.2 Å². The highest BCUT2D eigenvalue weighted by atomic mass is 16.5. The Morgan fingerprint density at radius 1 is 1.28 bits per heavy atom. The number of carbonyl (C=O) groups is 1. The van der Waals surface area contributed by atoms with E-state index in [0.717, 1.165) is 75.2 Å². The van der Waals surface area contributed by atoms with E-state index in [1.807, 2.05) is 18.2 Å². The highest BCUT2D eigenvalue weighted by Crippen LogP contribution is 2.30. The summed E-state index contributed by atoms with van der Waals surface area (Å²) in [7, 11) is 1.78. The van der Waals surface area contributed by atoms with Crippen molar-refractivity contribution in [3.8, 4) is 5.75 Å². The molecule has 4 N–H and O–H groups in total. The van der Waals surface area contributed by atoms with Gasteiger partial charge in [0.1, 0.15) is 5.75 Å². The highest BCUT2D eigenvalue weighted by Gasteiger charge is 2.23. The van der Waals surface area contributed by atoms with Crippen molar-refractivity contribution in [2.75, 3.05) is 39.8 Å². The first-order valence-corrected chi connectivity index (χ1v) is 10.8. The standard InChI is InChI=1S/C22H35N5O2/c1-24-22(25-11-5-13-27-12-4-7-19(15-27)21(23)28)26-14-18-6-2-3-8-20(18)29-16-17-9-10-17/h2-3,6,8,17,19H,4-5,7,9-16H2,1H3,(H2,23,28)(H2,24,25,26). The van der Waals surface area contributed by atoms with Crippen LogP contribution in [0.2, 0.25) is 0 Å². The summed E-state index contributed by atoms with van der Waals surface area (Å²) in [5.41, 5.74) is 6.60. The van der Waals surface area contributed by atoms with Crippen LogP contribution in [0.4, 0.5) is 0 Å². The van der Waals surface area contributed by atoms with Gasteiger partial charge in [-0.2, -0.15) is 0 Å². The molecule has 0 radical (unpaired) electrons. The average molecular weight is 402 g/mol. The molecule has 1 atom stereocenters. The maximum Gasteiger partial charge on any atom is 0.221 e. The van der Waals surface area contributed by atoms with Crippen LogP contribution in [0.3, 0.4) is 0 Å². The number of hydrogen-bond donors (Lipinski definition) is 3. The first kappa shape index (κ1) is 21.4. The fourth-order valence-corrected chi connectivity index (χ4v) is 3.68. The van der Waals surface area contributed by atoms with Crippen molar-refractivity contribution in [2.24, 2.45) is 22.6 Å². The molecule has 1 aliphatic carbocycles. The van der Waals surface area contributed by atoms with Gasteiger partial charge in [0.2, 0.25) is 5.91 Å². The minimum absolute atomic E-state index is 0.00772. The molecule has 7 heteroatoms. The van der Waals surface area contributed by atoms with E-state index in [0.29, 0.717) is 6.54 Å². The molecule has 0 aromatic heterocycles. The van der Waals surface area contributed by atoms with Crippen LogP contribution in [0.5, 0.6) is 5.75 Å². The second-order valence-electron chi connectivity index (χ2n) is 8.11. The lowest BCUT2D eigenvalue weighted by atomic mass is 9.97. The Hall–Kier alpha value is -2.28. The summed E-state index contributed by atoms with van der Waals surface area (Å²) in [4.78, 5) is 18.1. The summed E-state index contributed by atoms with van der Waals surface area (Å²) in [6.07, 6.45) is 5.54. The number of nitrogens with one attached hydrogen (secondary N) is 2. The van der Waals surface area contributed by atoms with Crippen LogP contribution in [-0.2, 0) is 11.3 Å². The topological polar surface area (TPSA) is 92.0 Å². The minimum atomic E-state index is -0.168. The summed E-state index contributed by atoms with van der Waals surface area (Å²) < 4.78 is 5.98. The number of nitrogens with two attached hydrogens (primary N) is 1. The molecule has 1 aliphatic heterocycles. The third kappa shape index (κ3) is 7.24. The Morgan fingerprint density at radius 2 is 2.10 bits per heavy atom. The van der Waals surface area contributed by atoms with E-state index >= 15 is 0 Å². The zero-order valence-corrected chi connectivity index (χ0v) is 17.5. The molecule has 1 saturated carbocycles. The van der Waals surface area contributed by atoms with Gasteiger partial charge in [0.25, 0.3) is 0 Å². The maximum atomic E-state index is 11.4. The molecule has 2 aliphatic rings. The number of hydrogen-bond acceptors (Lipinski definition) is 4. The number of primary amides is 1. The van der Waals surface area contributed by atoms with Crippen LogP contribution in [0.1, 0.15) is 37.7 Å². The molecule has 2 fully saturated rings. The van der Waals surface area contributed by atoms with Crippen LogP contribution in [0, 0.1) is 11.8 Å². The van der Waals surface area contributed by atoms with E-state index in [2.05, 4.69) is 26.6 Å². The Kier molecular flexibility index (Phi) is 8.16. The third-order valence-corrected chi connectivity index (χ3v) is 5.67. The third-order valence-electron chi connectivity index (χ3n) is 5.67. The maximum absolute atomic E-state index is 11.4. The molecule has 1 saturated heterocycles. The summed E-state index contributed by atoms with van der Waals surface area (Å²) in [6, 6.07) is 8.18. The quantitative estimate of drug-likeness (QED) is 0.315. The van der Waals surface area contributed by atoms with Gasteiger partial charge in [0.05, 0.1) is 12.5 Å². The molecule has 3 rings (SSSR count). The first-order valence-electron chi connectivity index (χ1n) is 10.8. The number of nitrogens with zero attached hydrogens (tertiary/aromatic N) is 2. The second kappa shape index (κ2) is 11.0. The smallest absolute Gasteiger partial charge is 0.221 e. The largest absolute Gasteiger partial charge is 0.493 e. The summed E-state index contributed by atoms with van der Waals surface area (Å²) in [5, 5.41) is 6.75. The predicted octanol–water partition coefficient (Wildman–Crippen LogP) is 1.73. The van der Waals surface area contributed by atoms with Gasteiger partial charge in [-0.25, -0.2) is 0 Å². The molecular formula is C22H35N5O2. The molecule has 1 aromatic rings. The number of amides is 1. The Bertz CT molecular complexity index is 690. The van der Waals surface area contributed by atoms with E-state index in [1.54, 1.807) is 7.05 Å². The van der Waals surface area contributed by atoms with Crippen LogP contribution >= 0.6 is 0 Å². The van der Waals surface area contributed by atoms with E-state index in [4.69, 9.17) is 10.5 Å². The summed E-state index contributed by atoms with van der Waals surface area (Å²) >= 11 is 0. The van der Waals surface area contributed by atoms with Crippen molar-refractivity contribution in [1.29, 1.82) is 0 Å². The van der Waals surface area contributed by atoms with Crippen molar-refractivity contribution in [3.63, 3.8) is 0 Å². The van der Waals surface area contributed by atoms with Gasteiger partial charge in [0.15, 0.2) is 5.96 Å². The predicted molar refractivity (Wildman–Crippen MR) is 116 cm³/mol. The number of aliphatic imine (C=N–C) groups is 1. The number of para-hydroxylation sites is 1. The van der Waals surface area contributed by atoms with Crippen molar-refractivity contribution in [2.45, 2.75) is 38.6 Å². The molecular weight excluding hydrogens is 366 g/mol. The molecule has 1 aromatic carbocycles. The number of piperidine rings is 1. The molecule has 160 valence electrons. The van der Waals surface area contributed by atoms with Gasteiger partial charge < -0.3 is 26.0 Å². The van der Waals surface area contributed by atoms with Crippen LogP contribution < -0.4 is 21.1 Å². The van der Waals surface area contributed by atoms with Crippen LogP contribution in [0.15, 0.2) is 29.3 Å². The van der Waals surface area contributed by atoms with E-state index in [-0.39, 0.29) is 11.8 Å². The molecule has 7 nitrogen and oxygen atoms in total. The van der Waals surface area contributed by atoms with Gasteiger partial charge in [-0.1, -0.05) is 18.2 Å². The number of benzene rings is 1. The van der Waals surface area contributed by atoms with Crippen LogP contribution in [0.25, 0.3) is 0 Å². The summed E-state index contributed by atoms with van der Waals surface area (Å²) in [5.74, 6) is 2.32. The normalized spacial score (nSPS) is 20.3. The van der Waals surface area contributed by atoms with Gasteiger partial charge in [0, 0.05) is 32.2 Å². The fourth-order valence-electron chi connectivity index (χ4n) is 3.68. The number of likely N-dealkylation sites (tertiary alicyclic amines) is 1. The zero-order chi connectivity index (χ0) is 20.5. The second-order valence-corrected chi connectivity index (χ2v) is 8.11. The number of guanidine groups is 1. The van der Waals surface area contributed by atoms with Crippen molar-refractivity contribution < 1.29 is 9.53 Å². The van der Waals surface area contributed by atoms with Gasteiger partial charge in [-0.3, -0.25) is 9.79 Å². The SMILES string of the molecule is CN=C(NCCCN1CCCC(C(N)=O)C1)NCc1ccccc1OCC1CC1. The summed E-state index contributed by atoms with van der Waals surface area (Å²) in [6.45, 7) is 5.13. The monoisotopic (exact) mass is 401 g/mol. The van der Waals surface area contributed by atoms with Gasteiger partial charge >= 0.3 is 0 Å². The van der Waals surface area contributed by atoms with Crippen molar-refractivity contribution >= 4 is 11.9 Å². The van der Waals surface area contributed by atoms with Gasteiger partial charge in [-0.15, -0.1) is 0 Å². The number of ether oxygens (including phenoxy) is 1. The first-order chi connectivity index (χ1) is 14.2. The van der Waals surface area contributed by atoms with E-state index in [1.165, 1.54) is 12.8 Å². The van der Waals surface area contributed by atoms with Crippen molar-refractivity contribution in [3.05, 3.63) is 29.8 Å². The molecule has 1 unspecified atom stereocenters. The Balaban J connectivity index is 1.36.